The molecule has 1 aliphatic rings. The highest BCUT2D eigenvalue weighted by Gasteiger charge is 2.28. The van der Waals surface area contributed by atoms with Gasteiger partial charge in [-0.1, -0.05) is 0 Å². The smallest absolute Gasteiger partial charge is 0.328 e. The third-order valence-electron chi connectivity index (χ3n) is 3.27. The van der Waals surface area contributed by atoms with E-state index in [1.54, 1.807) is 18.6 Å². The summed E-state index contributed by atoms with van der Waals surface area (Å²) in [6.45, 7) is 2.10. The number of methoxy groups -OCH3 is 1. The Morgan fingerprint density at radius 2 is 2.40 bits per heavy atom. The van der Waals surface area contributed by atoms with Crippen LogP contribution in [-0.4, -0.2) is 48.7 Å². The number of aliphatic carboxylic acids is 1. The largest absolute Gasteiger partial charge is 0.478 e. The zero-order chi connectivity index (χ0) is 14.5. The molecule has 0 bridgehead atoms. The van der Waals surface area contributed by atoms with Crippen molar-refractivity contribution in [3.05, 3.63) is 28.0 Å². The molecule has 0 aliphatic carbocycles. The lowest BCUT2D eigenvalue weighted by Crippen LogP contribution is -2.29. The molecule has 1 amide bonds. The van der Waals surface area contributed by atoms with Gasteiger partial charge in [-0.05, 0) is 29.5 Å². The Morgan fingerprint density at radius 3 is 3.10 bits per heavy atom. The molecule has 0 radical (unpaired) electrons. The third-order valence-corrected chi connectivity index (χ3v) is 4.19. The molecule has 6 heteroatoms. The number of hydrogen-bond donors (Lipinski definition) is 1. The topological polar surface area (TPSA) is 66.8 Å². The number of rotatable bonds is 5. The molecule has 1 unspecified atom stereocenters. The van der Waals surface area contributed by atoms with E-state index in [9.17, 15) is 9.59 Å². The second-order valence-electron chi connectivity index (χ2n) is 4.74. The standard InChI is InChI=1S/C14H17NO4S/c1-19-9-10-4-6-15(8-10)14(18)13-11(5-7-20-13)2-3-12(16)17/h2-3,5,7,10H,4,6,8-9H2,1H3,(H,16,17). The van der Waals surface area contributed by atoms with E-state index in [0.29, 0.717) is 29.5 Å². The second kappa shape index (κ2) is 6.67. The zero-order valence-corrected chi connectivity index (χ0v) is 12.1. The van der Waals surface area contributed by atoms with Crippen molar-refractivity contribution in [2.75, 3.05) is 26.8 Å². The van der Waals surface area contributed by atoms with E-state index < -0.39 is 5.97 Å². The molecule has 1 N–H and O–H groups in total. The molecule has 2 rings (SSSR count). The molecule has 108 valence electrons. The van der Waals surface area contributed by atoms with Crippen LogP contribution in [0.3, 0.4) is 0 Å². The summed E-state index contributed by atoms with van der Waals surface area (Å²) in [5.41, 5.74) is 0.664. The Hall–Kier alpha value is -1.66. The Labute approximate surface area is 121 Å². The van der Waals surface area contributed by atoms with Gasteiger partial charge in [0.25, 0.3) is 5.91 Å². The molecule has 2 heterocycles. The predicted molar refractivity (Wildman–Crippen MR) is 76.9 cm³/mol. The Kier molecular flexibility index (Phi) is 4.92. The first kappa shape index (κ1) is 14.7. The molecular weight excluding hydrogens is 278 g/mol. The lowest BCUT2D eigenvalue weighted by atomic mass is 10.1. The zero-order valence-electron chi connectivity index (χ0n) is 11.2. The number of nitrogens with zero attached hydrogens (tertiary/aromatic N) is 1. The maximum Gasteiger partial charge on any atom is 0.328 e. The minimum atomic E-state index is -1.02. The van der Waals surface area contributed by atoms with Crippen LogP contribution in [0, 0.1) is 5.92 Å². The number of hydrogen-bond acceptors (Lipinski definition) is 4. The van der Waals surface area contributed by atoms with Crippen LogP contribution < -0.4 is 0 Å². The van der Waals surface area contributed by atoms with Crippen LogP contribution in [0.2, 0.25) is 0 Å². The molecule has 1 aliphatic heterocycles. The number of likely N-dealkylation sites (tertiary alicyclic amines) is 1. The van der Waals surface area contributed by atoms with Crippen molar-refractivity contribution in [1.82, 2.24) is 4.90 Å². The monoisotopic (exact) mass is 295 g/mol. The predicted octanol–water partition coefficient (Wildman–Crippen LogP) is 1.95. The van der Waals surface area contributed by atoms with Gasteiger partial charge in [0.2, 0.25) is 0 Å². The van der Waals surface area contributed by atoms with Crippen molar-refractivity contribution >= 4 is 29.3 Å². The van der Waals surface area contributed by atoms with E-state index in [4.69, 9.17) is 9.84 Å². The molecule has 1 saturated heterocycles. The summed E-state index contributed by atoms with van der Waals surface area (Å²) >= 11 is 1.34. The molecule has 1 aromatic heterocycles. The lowest BCUT2D eigenvalue weighted by molar-refractivity contribution is -0.131. The number of carbonyl (C=O) groups excluding carboxylic acids is 1. The van der Waals surface area contributed by atoms with Crippen LogP contribution in [-0.2, 0) is 9.53 Å². The van der Waals surface area contributed by atoms with Gasteiger partial charge >= 0.3 is 5.97 Å². The van der Waals surface area contributed by atoms with Gasteiger partial charge in [0, 0.05) is 32.2 Å². The fourth-order valence-corrected chi connectivity index (χ4v) is 3.17. The number of carbonyl (C=O) groups is 2. The van der Waals surface area contributed by atoms with E-state index in [0.717, 1.165) is 19.0 Å². The highest BCUT2D eigenvalue weighted by atomic mass is 32.1. The van der Waals surface area contributed by atoms with Gasteiger partial charge in [0.1, 0.15) is 0 Å². The fourth-order valence-electron chi connectivity index (χ4n) is 2.32. The number of carboxylic acid groups (broad SMARTS) is 1. The molecule has 20 heavy (non-hydrogen) atoms. The average molecular weight is 295 g/mol. The Bertz CT molecular complexity index is 523. The highest BCUT2D eigenvalue weighted by Crippen LogP contribution is 2.24. The molecule has 0 spiro atoms. The van der Waals surface area contributed by atoms with Crippen molar-refractivity contribution < 1.29 is 19.4 Å². The minimum absolute atomic E-state index is 0.0244. The number of carboxylic acids is 1. The van der Waals surface area contributed by atoms with Gasteiger partial charge in [-0.3, -0.25) is 4.79 Å². The summed E-state index contributed by atoms with van der Waals surface area (Å²) in [5, 5.41) is 10.5. The molecular formula is C14H17NO4S. The van der Waals surface area contributed by atoms with Gasteiger partial charge in [-0.25, -0.2) is 4.79 Å². The first-order valence-electron chi connectivity index (χ1n) is 6.38. The first-order chi connectivity index (χ1) is 9.61. The number of ether oxygens (including phenoxy) is 1. The van der Waals surface area contributed by atoms with Crippen LogP contribution in [0.15, 0.2) is 17.5 Å². The van der Waals surface area contributed by atoms with E-state index >= 15 is 0 Å². The van der Waals surface area contributed by atoms with E-state index in [2.05, 4.69) is 0 Å². The molecule has 0 aromatic carbocycles. The summed E-state index contributed by atoms with van der Waals surface area (Å²) in [6, 6.07) is 1.76. The van der Waals surface area contributed by atoms with Crippen molar-refractivity contribution in [3.8, 4) is 0 Å². The first-order valence-corrected chi connectivity index (χ1v) is 7.26. The number of thiophene rings is 1. The van der Waals surface area contributed by atoms with Gasteiger partial charge in [0.15, 0.2) is 0 Å². The molecule has 5 nitrogen and oxygen atoms in total. The summed E-state index contributed by atoms with van der Waals surface area (Å²) < 4.78 is 5.12. The SMILES string of the molecule is COCC1CCN(C(=O)c2sccc2C=CC(=O)O)C1. The molecule has 1 aromatic rings. The van der Waals surface area contributed by atoms with Crippen LogP contribution >= 0.6 is 11.3 Å². The van der Waals surface area contributed by atoms with E-state index in [1.165, 1.54) is 17.4 Å². The van der Waals surface area contributed by atoms with Crippen LogP contribution in [0.1, 0.15) is 21.7 Å². The molecule has 1 atom stereocenters. The maximum absolute atomic E-state index is 12.4. The van der Waals surface area contributed by atoms with Crippen molar-refractivity contribution in [3.63, 3.8) is 0 Å². The summed E-state index contributed by atoms with van der Waals surface area (Å²) in [5.74, 6) is -0.651. The van der Waals surface area contributed by atoms with Crippen LogP contribution in [0.4, 0.5) is 0 Å². The normalized spacial score (nSPS) is 18.9. The minimum Gasteiger partial charge on any atom is -0.478 e. The average Bonchev–Trinajstić information content (AvgIpc) is 3.04. The van der Waals surface area contributed by atoms with Gasteiger partial charge < -0.3 is 14.7 Å². The van der Waals surface area contributed by atoms with Crippen LogP contribution in [0.5, 0.6) is 0 Å². The van der Waals surface area contributed by atoms with Crippen molar-refractivity contribution in [2.45, 2.75) is 6.42 Å². The van der Waals surface area contributed by atoms with Crippen LogP contribution in [0.25, 0.3) is 6.08 Å². The summed E-state index contributed by atoms with van der Waals surface area (Å²) in [7, 11) is 1.67. The fraction of sp³-hybridized carbons (Fsp3) is 0.429. The number of amides is 1. The highest BCUT2D eigenvalue weighted by molar-refractivity contribution is 7.12. The quantitative estimate of drug-likeness (QED) is 0.843. The maximum atomic E-state index is 12.4. The summed E-state index contributed by atoms with van der Waals surface area (Å²) in [6.07, 6.45) is 3.47. The lowest BCUT2D eigenvalue weighted by Gasteiger charge is -2.16. The molecule has 1 fully saturated rings. The third kappa shape index (κ3) is 3.46. The van der Waals surface area contributed by atoms with E-state index in [1.807, 2.05) is 4.90 Å². The Balaban J connectivity index is 2.07. The van der Waals surface area contributed by atoms with Crippen molar-refractivity contribution in [2.24, 2.45) is 5.92 Å². The summed E-state index contributed by atoms with van der Waals surface area (Å²) in [4.78, 5) is 25.4. The van der Waals surface area contributed by atoms with Gasteiger partial charge in [-0.15, -0.1) is 11.3 Å². The van der Waals surface area contributed by atoms with E-state index in [-0.39, 0.29) is 5.91 Å². The Morgan fingerprint density at radius 1 is 1.60 bits per heavy atom. The van der Waals surface area contributed by atoms with Gasteiger partial charge in [-0.2, -0.15) is 0 Å². The second-order valence-corrected chi connectivity index (χ2v) is 5.65. The van der Waals surface area contributed by atoms with Gasteiger partial charge in [0.05, 0.1) is 11.5 Å². The van der Waals surface area contributed by atoms with Crippen molar-refractivity contribution in [1.29, 1.82) is 0 Å². The molecule has 0 saturated carbocycles.